The zero-order valence-corrected chi connectivity index (χ0v) is 9.03. The maximum absolute atomic E-state index is 10.4. The van der Waals surface area contributed by atoms with Gasteiger partial charge in [-0.1, -0.05) is 6.92 Å². The van der Waals surface area contributed by atoms with Gasteiger partial charge in [-0.05, 0) is 49.1 Å². The molecule has 1 aliphatic carbocycles. The first kappa shape index (κ1) is 9.22. The molecule has 0 spiro atoms. The lowest BCUT2D eigenvalue weighted by atomic mass is 9.93. The Morgan fingerprint density at radius 1 is 1.62 bits per heavy atom. The van der Waals surface area contributed by atoms with Gasteiger partial charge in [-0.25, -0.2) is 0 Å². The number of hydrogen-bond donors (Lipinski definition) is 1. The van der Waals surface area contributed by atoms with Crippen molar-refractivity contribution in [1.29, 1.82) is 0 Å². The van der Waals surface area contributed by atoms with Crippen molar-refractivity contribution in [3.8, 4) is 0 Å². The van der Waals surface area contributed by atoms with E-state index in [4.69, 9.17) is 0 Å². The minimum Gasteiger partial charge on any atom is -0.385 e. The van der Waals surface area contributed by atoms with Crippen molar-refractivity contribution in [2.75, 3.05) is 0 Å². The molecule has 1 heterocycles. The molecule has 1 aromatic rings. The first-order chi connectivity index (χ1) is 6.10. The summed E-state index contributed by atoms with van der Waals surface area (Å²) in [7, 11) is 0. The molecule has 72 valence electrons. The van der Waals surface area contributed by atoms with Crippen LogP contribution in [-0.4, -0.2) is 5.11 Å². The Morgan fingerprint density at radius 2 is 2.38 bits per heavy atom. The summed E-state index contributed by atoms with van der Waals surface area (Å²) in [5.41, 5.74) is 0.629. The molecule has 1 aliphatic rings. The Morgan fingerprint density at radius 3 is 2.85 bits per heavy atom. The summed E-state index contributed by atoms with van der Waals surface area (Å²) in [5.74, 6) is 0.671. The summed E-state index contributed by atoms with van der Waals surface area (Å²) in [6.07, 6.45) is 3.03. The van der Waals surface area contributed by atoms with Crippen LogP contribution in [0.3, 0.4) is 0 Å². The van der Waals surface area contributed by atoms with Gasteiger partial charge < -0.3 is 5.11 Å². The average Bonchev–Trinajstić information content (AvgIpc) is 2.60. The molecule has 0 aromatic carbocycles. The van der Waals surface area contributed by atoms with Crippen molar-refractivity contribution >= 4 is 11.3 Å². The Bertz CT molecular complexity index is 305. The van der Waals surface area contributed by atoms with Gasteiger partial charge in [0.15, 0.2) is 0 Å². The summed E-state index contributed by atoms with van der Waals surface area (Å²) < 4.78 is 0. The lowest BCUT2D eigenvalue weighted by molar-refractivity contribution is 0.0412. The van der Waals surface area contributed by atoms with Crippen molar-refractivity contribution in [2.45, 2.75) is 38.7 Å². The molecule has 2 atom stereocenters. The lowest BCUT2D eigenvalue weighted by Crippen LogP contribution is -2.20. The van der Waals surface area contributed by atoms with Crippen molar-refractivity contribution in [2.24, 2.45) is 5.92 Å². The van der Waals surface area contributed by atoms with Crippen LogP contribution in [0.15, 0.2) is 11.4 Å². The Kier molecular flexibility index (Phi) is 2.20. The summed E-state index contributed by atoms with van der Waals surface area (Å²) >= 11 is 1.73. The monoisotopic (exact) mass is 196 g/mol. The van der Waals surface area contributed by atoms with E-state index >= 15 is 0 Å². The highest BCUT2D eigenvalue weighted by atomic mass is 32.1. The first-order valence-electron chi connectivity index (χ1n) is 4.88. The third kappa shape index (κ3) is 1.65. The SMILES string of the molecule is Cc1cc(C2(O)CCC(C)C2)cs1. The fourth-order valence-corrected chi connectivity index (χ4v) is 3.01. The molecule has 2 heteroatoms. The van der Waals surface area contributed by atoms with Crippen molar-refractivity contribution in [3.05, 3.63) is 21.9 Å². The zero-order chi connectivity index (χ0) is 9.47. The number of aliphatic hydroxyl groups is 1. The summed E-state index contributed by atoms with van der Waals surface area (Å²) in [6, 6.07) is 2.13. The van der Waals surface area contributed by atoms with Gasteiger partial charge in [0.2, 0.25) is 0 Å². The highest BCUT2D eigenvalue weighted by Gasteiger charge is 2.37. The van der Waals surface area contributed by atoms with Gasteiger partial charge in [-0.15, -0.1) is 11.3 Å². The van der Waals surface area contributed by atoms with E-state index < -0.39 is 5.60 Å². The van der Waals surface area contributed by atoms with Crippen molar-refractivity contribution in [1.82, 2.24) is 0 Å². The van der Waals surface area contributed by atoms with Crippen molar-refractivity contribution in [3.63, 3.8) is 0 Å². The van der Waals surface area contributed by atoms with Gasteiger partial charge in [-0.3, -0.25) is 0 Å². The largest absolute Gasteiger partial charge is 0.385 e. The summed E-state index contributed by atoms with van der Waals surface area (Å²) in [4.78, 5) is 1.29. The van der Waals surface area contributed by atoms with Gasteiger partial charge in [0, 0.05) is 4.88 Å². The molecule has 1 N–H and O–H groups in total. The van der Waals surface area contributed by atoms with Crippen LogP contribution in [0.25, 0.3) is 0 Å². The molecule has 0 aliphatic heterocycles. The van der Waals surface area contributed by atoms with Crippen LogP contribution in [0.2, 0.25) is 0 Å². The maximum Gasteiger partial charge on any atom is 0.0907 e. The second-order valence-electron chi connectivity index (χ2n) is 4.33. The highest BCUT2D eigenvalue weighted by Crippen LogP contribution is 2.42. The second-order valence-corrected chi connectivity index (χ2v) is 5.44. The molecule has 2 unspecified atom stereocenters. The molecule has 1 saturated carbocycles. The van der Waals surface area contributed by atoms with E-state index in [2.05, 4.69) is 25.3 Å². The Balaban J connectivity index is 2.25. The minimum atomic E-state index is -0.510. The van der Waals surface area contributed by atoms with E-state index in [1.165, 1.54) is 4.88 Å². The third-order valence-corrected chi connectivity index (χ3v) is 3.87. The van der Waals surface area contributed by atoms with Crippen LogP contribution in [0, 0.1) is 12.8 Å². The van der Waals surface area contributed by atoms with Gasteiger partial charge in [0.1, 0.15) is 0 Å². The van der Waals surface area contributed by atoms with Crippen LogP contribution in [-0.2, 0) is 5.60 Å². The maximum atomic E-state index is 10.4. The minimum absolute atomic E-state index is 0.510. The van der Waals surface area contributed by atoms with Gasteiger partial charge in [-0.2, -0.15) is 0 Å². The van der Waals surface area contributed by atoms with Crippen LogP contribution in [0.4, 0.5) is 0 Å². The standard InChI is InChI=1S/C11H16OS/c1-8-3-4-11(12,6-8)10-5-9(2)13-7-10/h5,7-8,12H,3-4,6H2,1-2H3. The lowest BCUT2D eigenvalue weighted by Gasteiger charge is -2.21. The Hall–Kier alpha value is -0.340. The van der Waals surface area contributed by atoms with Crippen molar-refractivity contribution < 1.29 is 5.11 Å². The predicted octanol–water partition coefficient (Wildman–Crippen LogP) is 3.06. The Labute approximate surface area is 83.4 Å². The number of thiophene rings is 1. The van der Waals surface area contributed by atoms with Crippen LogP contribution < -0.4 is 0 Å². The van der Waals surface area contributed by atoms with Gasteiger partial charge in [0.05, 0.1) is 5.60 Å². The molecule has 0 radical (unpaired) electrons. The molecule has 1 nitrogen and oxygen atoms in total. The van der Waals surface area contributed by atoms with Crippen LogP contribution in [0.5, 0.6) is 0 Å². The van der Waals surface area contributed by atoms with E-state index in [1.54, 1.807) is 11.3 Å². The molecular formula is C11H16OS. The first-order valence-corrected chi connectivity index (χ1v) is 5.76. The third-order valence-electron chi connectivity index (χ3n) is 3.00. The van der Waals surface area contributed by atoms with E-state index in [0.29, 0.717) is 5.92 Å². The normalized spacial score (nSPS) is 33.9. The topological polar surface area (TPSA) is 20.2 Å². The molecule has 0 amide bonds. The summed E-state index contributed by atoms with van der Waals surface area (Å²) in [5, 5.41) is 12.5. The molecule has 1 aromatic heterocycles. The van der Waals surface area contributed by atoms with E-state index in [1.807, 2.05) is 0 Å². The van der Waals surface area contributed by atoms with E-state index in [9.17, 15) is 5.11 Å². The summed E-state index contributed by atoms with van der Waals surface area (Å²) in [6.45, 7) is 4.31. The van der Waals surface area contributed by atoms with Gasteiger partial charge >= 0.3 is 0 Å². The molecule has 2 rings (SSSR count). The average molecular weight is 196 g/mol. The molecular weight excluding hydrogens is 180 g/mol. The van der Waals surface area contributed by atoms with Crippen LogP contribution in [0.1, 0.15) is 36.6 Å². The molecule has 0 bridgehead atoms. The highest BCUT2D eigenvalue weighted by molar-refractivity contribution is 7.10. The van der Waals surface area contributed by atoms with E-state index in [-0.39, 0.29) is 0 Å². The molecule has 1 fully saturated rings. The quantitative estimate of drug-likeness (QED) is 0.732. The number of aryl methyl sites for hydroxylation is 1. The van der Waals surface area contributed by atoms with Crippen LogP contribution >= 0.6 is 11.3 Å². The number of rotatable bonds is 1. The predicted molar refractivity (Wildman–Crippen MR) is 56.0 cm³/mol. The fraction of sp³-hybridized carbons (Fsp3) is 0.636. The molecule has 0 saturated heterocycles. The molecule has 13 heavy (non-hydrogen) atoms. The fourth-order valence-electron chi connectivity index (χ4n) is 2.22. The number of hydrogen-bond acceptors (Lipinski definition) is 2. The van der Waals surface area contributed by atoms with Gasteiger partial charge in [0.25, 0.3) is 0 Å². The second kappa shape index (κ2) is 3.10. The smallest absolute Gasteiger partial charge is 0.0907 e. The zero-order valence-electron chi connectivity index (χ0n) is 8.21. The van der Waals surface area contributed by atoms with E-state index in [0.717, 1.165) is 24.8 Å².